The van der Waals surface area contributed by atoms with Crippen LogP contribution in [0.1, 0.15) is 12.0 Å². The Bertz CT molecular complexity index is 1210. The minimum absolute atomic E-state index is 0.0925. The second-order valence-electron chi connectivity index (χ2n) is 8.89. The lowest BCUT2D eigenvalue weighted by Crippen LogP contribution is -2.40. The number of anilines is 3. The van der Waals surface area contributed by atoms with Crippen LogP contribution >= 0.6 is 11.0 Å². The minimum Gasteiger partial charge on any atom is -0.355 e. The Morgan fingerprint density at radius 3 is 2.42 bits per heavy atom. The number of hydrogen-bond donors (Lipinski definition) is 2. The van der Waals surface area contributed by atoms with Gasteiger partial charge in [-0.3, -0.25) is 17.7 Å². The van der Waals surface area contributed by atoms with Crippen molar-refractivity contribution < 1.29 is 26.3 Å². The highest BCUT2D eigenvalue weighted by atomic mass is 32.3. The van der Waals surface area contributed by atoms with Crippen LogP contribution in [0, 0.1) is 12.8 Å². The maximum atomic E-state index is 13.5. The third kappa shape index (κ3) is 3.92. The fourth-order valence-electron chi connectivity index (χ4n) is 4.34. The monoisotopic (exact) mass is 500 g/mol. The number of alkyl halides is 2. The summed E-state index contributed by atoms with van der Waals surface area (Å²) in [5.74, 6) is -2.78. The maximum Gasteiger partial charge on any atom is 0.253 e. The van der Waals surface area contributed by atoms with Crippen molar-refractivity contribution in [2.75, 3.05) is 51.7 Å². The number of fused-ring (bicyclic) bond motifs is 1. The molecule has 2 aromatic rings. The van der Waals surface area contributed by atoms with E-state index in [-0.39, 0.29) is 24.5 Å². The molecule has 0 amide bonds. The van der Waals surface area contributed by atoms with Crippen molar-refractivity contribution in [3.05, 3.63) is 35.9 Å². The van der Waals surface area contributed by atoms with Gasteiger partial charge in [0.1, 0.15) is 5.82 Å². The molecule has 1 aromatic carbocycles. The van der Waals surface area contributed by atoms with Crippen molar-refractivity contribution in [3.63, 3.8) is 0 Å². The molecule has 3 aliphatic rings. The highest BCUT2D eigenvalue weighted by molar-refractivity contribution is 8.26. The molecule has 12 heteroatoms. The lowest BCUT2D eigenvalue weighted by atomic mass is 10.0. The van der Waals surface area contributed by atoms with Crippen molar-refractivity contribution in [3.8, 4) is 11.3 Å². The van der Waals surface area contributed by atoms with Gasteiger partial charge >= 0.3 is 0 Å². The van der Waals surface area contributed by atoms with Crippen LogP contribution < -0.4 is 13.5 Å². The van der Waals surface area contributed by atoms with E-state index in [9.17, 15) is 26.3 Å². The third-order valence-corrected chi connectivity index (χ3v) is 10.1. The van der Waals surface area contributed by atoms with Crippen molar-refractivity contribution in [1.82, 2.24) is 4.98 Å². The Hall–Kier alpha value is -2.15. The predicted octanol–water partition coefficient (Wildman–Crippen LogP) is 3.78. The highest BCUT2D eigenvalue weighted by Crippen LogP contribution is 2.63. The molecule has 33 heavy (non-hydrogen) atoms. The van der Waals surface area contributed by atoms with Gasteiger partial charge in [-0.05, 0) is 41.6 Å². The Kier molecular flexibility index (Phi) is 5.09. The fraction of sp³-hybridized carbons (Fsp3) is 0.476. The van der Waals surface area contributed by atoms with Gasteiger partial charge in [-0.2, -0.15) is 0 Å². The number of aryl methyl sites for hydroxylation is 1. The summed E-state index contributed by atoms with van der Waals surface area (Å²) >= 11 is 0. The molecule has 0 radical (unpaired) electrons. The largest absolute Gasteiger partial charge is 0.355 e. The lowest BCUT2D eigenvalue weighted by molar-refractivity contribution is 0.101. The van der Waals surface area contributed by atoms with E-state index in [0.29, 0.717) is 36.0 Å². The van der Waals surface area contributed by atoms with Gasteiger partial charge in [-0.15, -0.1) is 0 Å². The van der Waals surface area contributed by atoms with Crippen molar-refractivity contribution in [1.29, 1.82) is 0 Å². The second kappa shape index (κ2) is 7.42. The SMILES string of the molecule is Cc1ccc(N2CCS(=O)(=O)CC2)nc1-c1ccc2c(c1)N(C)S(O)(O)N2CC1CC1(F)F. The summed E-state index contributed by atoms with van der Waals surface area (Å²) in [6.07, 6.45) is -0.246. The standard InChI is InChI=1S/C21H26F2N4O4S2/c1-14-3-6-19(26-7-9-32(28,29)10-8-26)24-20(14)15-4-5-17-18(11-15)25(2)33(30,31)27(17)13-16-12-21(16,22)23/h3-6,11,16,30-31H,7-10,12-13H2,1-2H3. The fourth-order valence-corrected chi connectivity index (χ4v) is 7.05. The van der Waals surface area contributed by atoms with E-state index in [1.165, 1.54) is 15.7 Å². The molecule has 1 aromatic heterocycles. The summed E-state index contributed by atoms with van der Waals surface area (Å²) < 4.78 is 74.6. The summed E-state index contributed by atoms with van der Waals surface area (Å²) in [6, 6.07) is 9.08. The first kappa shape index (κ1) is 22.6. The van der Waals surface area contributed by atoms with Crippen molar-refractivity contribution in [2.24, 2.45) is 5.92 Å². The number of pyridine rings is 1. The number of nitrogens with zero attached hydrogens (tertiary/aromatic N) is 4. The summed E-state index contributed by atoms with van der Waals surface area (Å²) in [5, 5.41) is 0. The number of sulfone groups is 1. The Morgan fingerprint density at radius 1 is 1.12 bits per heavy atom. The van der Waals surface area contributed by atoms with Gasteiger partial charge in [-0.25, -0.2) is 22.2 Å². The predicted molar refractivity (Wildman–Crippen MR) is 127 cm³/mol. The molecule has 2 fully saturated rings. The Morgan fingerprint density at radius 2 is 1.79 bits per heavy atom. The van der Waals surface area contributed by atoms with Gasteiger partial charge in [-0.1, -0.05) is 12.1 Å². The first-order chi connectivity index (χ1) is 15.4. The van der Waals surface area contributed by atoms with E-state index in [4.69, 9.17) is 4.98 Å². The first-order valence-electron chi connectivity index (χ1n) is 10.6. The van der Waals surface area contributed by atoms with Crippen molar-refractivity contribution in [2.45, 2.75) is 19.3 Å². The molecule has 1 unspecified atom stereocenters. The lowest BCUT2D eigenvalue weighted by Gasteiger charge is -2.42. The summed E-state index contributed by atoms with van der Waals surface area (Å²) in [7, 11) is -4.90. The topological polar surface area (TPSA) is 97.2 Å². The molecule has 180 valence electrons. The number of benzene rings is 1. The number of rotatable bonds is 4. The molecule has 0 bridgehead atoms. The third-order valence-electron chi connectivity index (χ3n) is 6.61. The van der Waals surface area contributed by atoms with Crippen LogP contribution in [0.5, 0.6) is 0 Å². The van der Waals surface area contributed by atoms with Gasteiger partial charge < -0.3 is 4.90 Å². The summed E-state index contributed by atoms with van der Waals surface area (Å²) in [6.45, 7) is 2.55. The molecule has 5 rings (SSSR count). The zero-order valence-electron chi connectivity index (χ0n) is 18.3. The van der Waals surface area contributed by atoms with Crippen LogP contribution in [-0.2, 0) is 9.84 Å². The Labute approximate surface area is 193 Å². The number of aromatic nitrogens is 1. The van der Waals surface area contributed by atoms with Gasteiger partial charge in [0, 0.05) is 44.6 Å². The molecular formula is C21H26F2N4O4S2. The van der Waals surface area contributed by atoms with Crippen LogP contribution in [-0.4, -0.2) is 66.6 Å². The van der Waals surface area contributed by atoms with Crippen molar-refractivity contribution >= 4 is 38.0 Å². The number of halogens is 2. The first-order valence-corrected chi connectivity index (χ1v) is 13.9. The second-order valence-corrected chi connectivity index (χ2v) is 13.2. The van der Waals surface area contributed by atoms with Gasteiger partial charge in [0.15, 0.2) is 9.84 Å². The average molecular weight is 501 g/mol. The highest BCUT2D eigenvalue weighted by Gasteiger charge is 2.59. The quantitative estimate of drug-likeness (QED) is 0.655. The molecular weight excluding hydrogens is 474 g/mol. The maximum absolute atomic E-state index is 13.5. The molecule has 1 saturated carbocycles. The van der Waals surface area contributed by atoms with Crippen LogP contribution in [0.4, 0.5) is 26.0 Å². The average Bonchev–Trinajstić information content (AvgIpc) is 3.31. The molecule has 0 spiro atoms. The van der Waals surface area contributed by atoms with Gasteiger partial charge in [0.25, 0.3) is 5.92 Å². The zero-order chi connectivity index (χ0) is 23.8. The molecule has 1 aliphatic carbocycles. The molecule has 2 aliphatic heterocycles. The van der Waals surface area contributed by atoms with E-state index < -0.39 is 32.6 Å². The number of hydrogen-bond acceptors (Lipinski definition) is 8. The van der Waals surface area contributed by atoms with E-state index in [1.807, 2.05) is 24.0 Å². The van der Waals surface area contributed by atoms with E-state index in [2.05, 4.69) is 0 Å². The normalized spacial score (nSPS) is 25.6. The summed E-state index contributed by atoms with van der Waals surface area (Å²) in [4.78, 5) is 6.72. The van der Waals surface area contributed by atoms with E-state index in [1.54, 1.807) is 18.2 Å². The van der Waals surface area contributed by atoms with E-state index in [0.717, 1.165) is 11.1 Å². The molecule has 3 heterocycles. The minimum atomic E-state index is -3.43. The van der Waals surface area contributed by atoms with Crippen LogP contribution in [0.15, 0.2) is 30.3 Å². The van der Waals surface area contributed by atoms with Crippen LogP contribution in [0.3, 0.4) is 0 Å². The van der Waals surface area contributed by atoms with Gasteiger partial charge in [0.05, 0.1) is 28.6 Å². The van der Waals surface area contributed by atoms with Crippen LogP contribution in [0.25, 0.3) is 11.3 Å². The van der Waals surface area contributed by atoms with E-state index >= 15 is 0 Å². The molecule has 8 nitrogen and oxygen atoms in total. The zero-order valence-corrected chi connectivity index (χ0v) is 19.9. The summed E-state index contributed by atoms with van der Waals surface area (Å²) in [5.41, 5.74) is 3.38. The smallest absolute Gasteiger partial charge is 0.253 e. The van der Waals surface area contributed by atoms with Crippen LogP contribution in [0.2, 0.25) is 0 Å². The molecule has 1 atom stereocenters. The van der Waals surface area contributed by atoms with Gasteiger partial charge in [0.2, 0.25) is 0 Å². The Balaban J connectivity index is 1.47. The molecule has 2 N–H and O–H groups in total. The molecule has 1 saturated heterocycles.